The first kappa shape index (κ1) is 7.63. The third-order valence-corrected chi connectivity index (χ3v) is 0.488. The molecule has 0 saturated heterocycles. The maximum Gasteiger partial charge on any atom is 0.268 e. The highest BCUT2D eigenvalue weighted by molar-refractivity contribution is 6.35. The Balaban J connectivity index is 3.80. The summed E-state index contributed by atoms with van der Waals surface area (Å²) < 4.78 is 0. The van der Waals surface area contributed by atoms with E-state index in [0.717, 1.165) is 0 Å². The smallest absolute Gasteiger partial charge is 0.268 e. The van der Waals surface area contributed by atoms with Crippen LogP contribution in [0.15, 0.2) is 5.16 Å². The van der Waals surface area contributed by atoms with Crippen LogP contribution in [0.1, 0.15) is 6.92 Å². The molecule has 0 bridgehead atoms. The van der Waals surface area contributed by atoms with Crippen molar-refractivity contribution in [3.63, 3.8) is 0 Å². The molecule has 9 heavy (non-hydrogen) atoms. The third kappa shape index (κ3) is 3.23. The van der Waals surface area contributed by atoms with Crippen LogP contribution in [0.4, 0.5) is 0 Å². The molecule has 0 unspecified atom stereocenters. The molecule has 0 aliphatic rings. The van der Waals surface area contributed by atoms with Gasteiger partial charge >= 0.3 is 0 Å². The van der Waals surface area contributed by atoms with Crippen LogP contribution in [0.2, 0.25) is 0 Å². The van der Waals surface area contributed by atoms with Gasteiger partial charge in [-0.15, -0.1) is 0 Å². The Labute approximate surface area is 52.7 Å². The average Bonchev–Trinajstić information content (AvgIpc) is 1.91. The number of rotatable bonds is 3. The van der Waals surface area contributed by atoms with Crippen molar-refractivity contribution in [2.75, 3.05) is 6.61 Å². The van der Waals surface area contributed by atoms with Crippen molar-refractivity contribution >= 4 is 12.0 Å². The van der Waals surface area contributed by atoms with E-state index >= 15 is 0 Å². The van der Waals surface area contributed by atoms with E-state index in [2.05, 4.69) is 9.99 Å². The second-order valence-corrected chi connectivity index (χ2v) is 1.07. The molecule has 0 rings (SSSR count). The van der Waals surface area contributed by atoms with Gasteiger partial charge in [0.25, 0.3) is 6.29 Å². The van der Waals surface area contributed by atoms with E-state index < -0.39 is 0 Å². The molecule has 0 saturated carbocycles. The predicted octanol–water partition coefficient (Wildman–Crippen LogP) is 0.0122. The van der Waals surface area contributed by atoms with Crippen LogP contribution >= 0.6 is 0 Å². The van der Waals surface area contributed by atoms with Crippen LogP contribution in [-0.4, -0.2) is 18.6 Å². The Bertz CT molecular complexity index is 157. The molecule has 0 aliphatic carbocycles. The molecule has 1 radical (unpaired) electrons. The molecule has 0 aromatic carbocycles. The summed E-state index contributed by atoms with van der Waals surface area (Å²) in [5.41, 5.74) is -0.364. The van der Waals surface area contributed by atoms with E-state index in [1.54, 1.807) is 6.92 Å². The molecular formula is C5H5N2O2. The summed E-state index contributed by atoms with van der Waals surface area (Å²) in [5, 5.41) is 11.1. The van der Waals surface area contributed by atoms with Gasteiger partial charge in [-0.3, -0.25) is 4.79 Å². The monoisotopic (exact) mass is 125 g/mol. The topological polar surface area (TPSA) is 62.4 Å². The van der Waals surface area contributed by atoms with Crippen LogP contribution in [0.25, 0.3) is 0 Å². The number of nitriles is 1. The van der Waals surface area contributed by atoms with Crippen LogP contribution in [0.5, 0.6) is 0 Å². The van der Waals surface area contributed by atoms with Crippen LogP contribution in [-0.2, 0) is 9.63 Å². The fraction of sp³-hybridized carbons (Fsp3) is 0.400. The van der Waals surface area contributed by atoms with Gasteiger partial charge in [0.15, 0.2) is 0 Å². The van der Waals surface area contributed by atoms with Gasteiger partial charge in [-0.1, -0.05) is 5.16 Å². The summed E-state index contributed by atoms with van der Waals surface area (Å²) in [6.07, 6.45) is 1.30. The van der Waals surface area contributed by atoms with E-state index in [4.69, 9.17) is 5.26 Å². The van der Waals surface area contributed by atoms with Gasteiger partial charge in [0, 0.05) is 0 Å². The number of hydrogen-bond donors (Lipinski definition) is 0. The lowest BCUT2D eigenvalue weighted by Gasteiger charge is -1.87. The van der Waals surface area contributed by atoms with Crippen molar-refractivity contribution in [2.45, 2.75) is 6.92 Å². The maximum atomic E-state index is 9.68. The zero-order chi connectivity index (χ0) is 7.11. The minimum atomic E-state index is -0.364. The zero-order valence-corrected chi connectivity index (χ0v) is 4.92. The van der Waals surface area contributed by atoms with Gasteiger partial charge in [0.1, 0.15) is 12.7 Å². The molecule has 0 fully saturated rings. The number of hydrogen-bond acceptors (Lipinski definition) is 4. The van der Waals surface area contributed by atoms with Crippen molar-refractivity contribution in [3.05, 3.63) is 0 Å². The van der Waals surface area contributed by atoms with Crippen molar-refractivity contribution in [1.82, 2.24) is 0 Å². The molecule has 0 atom stereocenters. The lowest BCUT2D eigenvalue weighted by atomic mass is 10.5. The standard InChI is InChI=1S/C5H5N2O2/c1-2-9-7-5(3-6)4-8/h2H2,1H3/b7-5+. The van der Waals surface area contributed by atoms with Crippen LogP contribution < -0.4 is 0 Å². The molecule has 4 heteroatoms. The number of carbonyl (C=O) groups excluding carboxylic acids is 1. The second kappa shape index (κ2) is 4.78. The molecule has 0 heterocycles. The molecular weight excluding hydrogens is 120 g/mol. The van der Waals surface area contributed by atoms with E-state index in [-0.39, 0.29) is 5.71 Å². The van der Waals surface area contributed by atoms with Crippen molar-refractivity contribution in [2.24, 2.45) is 5.16 Å². The summed E-state index contributed by atoms with van der Waals surface area (Å²) in [6.45, 7) is 2.04. The molecule has 0 aliphatic heterocycles. The molecule has 0 aromatic heterocycles. The highest BCUT2D eigenvalue weighted by Crippen LogP contribution is 1.75. The predicted molar refractivity (Wildman–Crippen MR) is 30.4 cm³/mol. The van der Waals surface area contributed by atoms with Gasteiger partial charge < -0.3 is 4.84 Å². The van der Waals surface area contributed by atoms with Gasteiger partial charge in [0.05, 0.1) is 0 Å². The summed E-state index contributed by atoms with van der Waals surface area (Å²) in [5.74, 6) is 0. The van der Waals surface area contributed by atoms with Crippen molar-refractivity contribution in [3.8, 4) is 6.07 Å². The Morgan fingerprint density at radius 3 is 2.89 bits per heavy atom. The first-order chi connectivity index (χ1) is 4.35. The SMILES string of the molecule is CCO/N=C(/[C]=O)C#N. The van der Waals surface area contributed by atoms with Crippen molar-refractivity contribution < 1.29 is 9.63 Å². The molecule has 4 nitrogen and oxygen atoms in total. The Morgan fingerprint density at radius 1 is 1.89 bits per heavy atom. The van der Waals surface area contributed by atoms with E-state index in [9.17, 15) is 4.79 Å². The van der Waals surface area contributed by atoms with E-state index in [1.165, 1.54) is 12.4 Å². The lowest BCUT2D eigenvalue weighted by Crippen LogP contribution is -1.95. The largest absolute Gasteiger partial charge is 0.395 e. The highest BCUT2D eigenvalue weighted by atomic mass is 16.6. The summed E-state index contributed by atoms with van der Waals surface area (Å²) in [4.78, 5) is 14.1. The normalized spacial score (nSPS) is 10.0. The fourth-order valence-corrected chi connectivity index (χ4v) is 0.191. The maximum absolute atomic E-state index is 9.68. The van der Waals surface area contributed by atoms with E-state index in [1.807, 2.05) is 0 Å². The first-order valence-electron chi connectivity index (χ1n) is 2.33. The molecule has 0 aromatic rings. The number of oxime groups is 1. The first-order valence-corrected chi connectivity index (χ1v) is 2.33. The van der Waals surface area contributed by atoms with Gasteiger partial charge in [-0.25, -0.2) is 0 Å². The molecule has 0 spiro atoms. The molecule has 0 N–H and O–H groups in total. The van der Waals surface area contributed by atoms with Gasteiger partial charge in [0.2, 0.25) is 5.71 Å². The van der Waals surface area contributed by atoms with Crippen LogP contribution in [0.3, 0.4) is 0 Å². The van der Waals surface area contributed by atoms with Gasteiger partial charge in [-0.05, 0) is 6.92 Å². The Kier molecular flexibility index (Phi) is 4.05. The molecule has 0 amide bonds. The molecule has 47 valence electrons. The number of nitrogens with zero attached hydrogens (tertiary/aromatic N) is 2. The van der Waals surface area contributed by atoms with Gasteiger partial charge in [-0.2, -0.15) is 5.26 Å². The highest BCUT2D eigenvalue weighted by Gasteiger charge is 1.92. The van der Waals surface area contributed by atoms with E-state index in [0.29, 0.717) is 6.61 Å². The van der Waals surface area contributed by atoms with Crippen LogP contribution in [0, 0.1) is 11.3 Å². The third-order valence-electron chi connectivity index (χ3n) is 0.488. The lowest BCUT2D eigenvalue weighted by molar-refractivity contribution is 0.160. The summed E-state index contributed by atoms with van der Waals surface area (Å²) in [7, 11) is 0. The average molecular weight is 125 g/mol. The summed E-state index contributed by atoms with van der Waals surface area (Å²) in [6, 6.07) is 1.49. The minimum Gasteiger partial charge on any atom is -0.395 e. The minimum absolute atomic E-state index is 0.340. The Hall–Kier alpha value is -1.37. The zero-order valence-electron chi connectivity index (χ0n) is 4.92. The van der Waals surface area contributed by atoms with Crippen molar-refractivity contribution in [1.29, 1.82) is 5.26 Å². The quantitative estimate of drug-likeness (QED) is 0.394. The Morgan fingerprint density at radius 2 is 2.56 bits per heavy atom. The summed E-state index contributed by atoms with van der Waals surface area (Å²) >= 11 is 0. The fourth-order valence-electron chi connectivity index (χ4n) is 0.191. The second-order valence-electron chi connectivity index (χ2n) is 1.07.